The lowest BCUT2D eigenvalue weighted by atomic mass is 9.75. The quantitative estimate of drug-likeness (QED) is 0.407. The van der Waals surface area contributed by atoms with E-state index in [1.165, 1.54) is 4.90 Å². The van der Waals surface area contributed by atoms with Crippen molar-refractivity contribution in [1.82, 2.24) is 14.9 Å². The molecule has 0 aliphatic carbocycles. The lowest BCUT2D eigenvalue weighted by Gasteiger charge is -2.32. The number of hydrogen-bond acceptors (Lipinski definition) is 5. The van der Waals surface area contributed by atoms with E-state index in [-0.39, 0.29) is 23.4 Å². The number of carbonyl (C=O) groups excluding carboxylic acids is 2. The van der Waals surface area contributed by atoms with Crippen molar-refractivity contribution in [3.8, 4) is 5.69 Å². The third-order valence-corrected chi connectivity index (χ3v) is 8.75. The SMILES string of the molecule is Cc1cccc(C)c1N1C(=O)[C@H]2[C@@H](CC(C)C)N[C@]3(c4ccccc4-n4c3nc3ccccc3c4=O)[C@H]2C1=O. The molecule has 4 aromatic rings. The minimum atomic E-state index is -1.11. The zero-order chi connectivity index (χ0) is 27.2. The van der Waals surface area contributed by atoms with Gasteiger partial charge in [-0.05, 0) is 55.5 Å². The standard InChI is InChI=1S/C32H30N4O3/c1-17(2)16-23-25-26(30(39)36(29(25)38)27-18(3)10-9-11-19(27)4)32(34-23)21-13-6-8-15-24(21)35-28(37)20-12-5-7-14-22(20)33-31(32)35/h5-15,17,23,25-26,34H,16H2,1-4H3/t23-,25+,26-,32-/m1/s1. The van der Waals surface area contributed by atoms with Gasteiger partial charge in [-0.15, -0.1) is 0 Å². The molecule has 3 aromatic carbocycles. The fourth-order valence-electron chi connectivity index (χ4n) is 7.31. The van der Waals surface area contributed by atoms with E-state index in [0.29, 0.717) is 40.4 Å². The van der Waals surface area contributed by atoms with Gasteiger partial charge in [0.1, 0.15) is 11.4 Å². The largest absolute Gasteiger partial charge is 0.297 e. The Hall–Kier alpha value is -4.10. The highest BCUT2D eigenvalue weighted by molar-refractivity contribution is 6.24. The van der Waals surface area contributed by atoms with Crippen LogP contribution in [0.1, 0.15) is 42.8 Å². The molecular weight excluding hydrogens is 488 g/mol. The van der Waals surface area contributed by atoms with Crippen molar-refractivity contribution in [3.63, 3.8) is 0 Å². The number of carbonyl (C=O) groups is 2. The van der Waals surface area contributed by atoms with Crippen molar-refractivity contribution in [2.75, 3.05) is 4.90 Å². The van der Waals surface area contributed by atoms with E-state index in [4.69, 9.17) is 4.98 Å². The number of rotatable bonds is 3. The van der Waals surface area contributed by atoms with Gasteiger partial charge in [0.25, 0.3) is 5.56 Å². The number of fused-ring (bicyclic) bond motifs is 8. The second-order valence-corrected chi connectivity index (χ2v) is 11.6. The molecule has 0 saturated carbocycles. The van der Waals surface area contributed by atoms with Gasteiger partial charge >= 0.3 is 0 Å². The Labute approximate surface area is 226 Å². The van der Waals surface area contributed by atoms with Crippen LogP contribution in [0.3, 0.4) is 0 Å². The molecule has 2 amide bonds. The van der Waals surface area contributed by atoms with Crippen LogP contribution in [0.25, 0.3) is 16.6 Å². The third kappa shape index (κ3) is 3.02. The van der Waals surface area contributed by atoms with Gasteiger partial charge in [-0.3, -0.25) is 24.3 Å². The number of nitrogens with one attached hydrogen (secondary N) is 1. The molecule has 1 N–H and O–H groups in total. The van der Waals surface area contributed by atoms with E-state index in [9.17, 15) is 14.4 Å². The molecule has 0 unspecified atom stereocenters. The van der Waals surface area contributed by atoms with E-state index in [1.807, 2.05) is 74.5 Å². The lowest BCUT2D eigenvalue weighted by Crippen LogP contribution is -2.50. The highest BCUT2D eigenvalue weighted by Crippen LogP contribution is 2.56. The summed E-state index contributed by atoms with van der Waals surface area (Å²) in [7, 11) is 0. The van der Waals surface area contributed by atoms with Crippen LogP contribution in [0.15, 0.2) is 71.5 Å². The van der Waals surface area contributed by atoms with Crippen molar-refractivity contribution >= 4 is 28.4 Å². The topological polar surface area (TPSA) is 84.3 Å². The van der Waals surface area contributed by atoms with Crippen molar-refractivity contribution in [3.05, 3.63) is 99.6 Å². The molecule has 4 heterocycles. The number of amides is 2. The minimum absolute atomic E-state index is 0.172. The van der Waals surface area contributed by atoms with Crippen LogP contribution in [0.5, 0.6) is 0 Å². The van der Waals surface area contributed by atoms with Crippen molar-refractivity contribution in [1.29, 1.82) is 0 Å². The van der Waals surface area contributed by atoms with Gasteiger partial charge in [0.15, 0.2) is 0 Å². The highest BCUT2D eigenvalue weighted by Gasteiger charge is 2.69. The Balaban J connectivity index is 1.54. The Morgan fingerprint density at radius 2 is 1.59 bits per heavy atom. The first-order chi connectivity index (χ1) is 18.8. The molecule has 3 aliphatic heterocycles. The second-order valence-electron chi connectivity index (χ2n) is 11.6. The number of imide groups is 1. The molecule has 1 aromatic heterocycles. The lowest BCUT2D eigenvalue weighted by molar-refractivity contribution is -0.123. The highest BCUT2D eigenvalue weighted by atomic mass is 16.2. The van der Waals surface area contributed by atoms with Gasteiger partial charge in [-0.2, -0.15) is 0 Å². The summed E-state index contributed by atoms with van der Waals surface area (Å²) >= 11 is 0. The molecule has 1 spiro atoms. The molecule has 2 saturated heterocycles. The summed E-state index contributed by atoms with van der Waals surface area (Å²) in [5.74, 6) is -0.974. The summed E-state index contributed by atoms with van der Waals surface area (Å²) in [6.45, 7) is 8.12. The van der Waals surface area contributed by atoms with Crippen LogP contribution < -0.4 is 15.8 Å². The smallest absolute Gasteiger partial charge is 0.266 e. The summed E-state index contributed by atoms with van der Waals surface area (Å²) in [5, 5.41) is 4.30. The van der Waals surface area contributed by atoms with Crippen LogP contribution in [0.2, 0.25) is 0 Å². The number of aryl methyl sites for hydroxylation is 2. The normalized spacial score (nSPS) is 25.2. The van der Waals surface area contributed by atoms with Gasteiger partial charge in [-0.1, -0.05) is 62.4 Å². The van der Waals surface area contributed by atoms with E-state index in [2.05, 4.69) is 19.2 Å². The monoisotopic (exact) mass is 518 g/mol. The van der Waals surface area contributed by atoms with Crippen LogP contribution in [-0.4, -0.2) is 27.4 Å². The van der Waals surface area contributed by atoms with Gasteiger partial charge in [0.05, 0.1) is 34.1 Å². The number of hydrogen-bond donors (Lipinski definition) is 1. The first-order valence-electron chi connectivity index (χ1n) is 13.6. The van der Waals surface area contributed by atoms with Crippen molar-refractivity contribution in [2.45, 2.75) is 45.7 Å². The minimum Gasteiger partial charge on any atom is -0.297 e. The van der Waals surface area contributed by atoms with Crippen LogP contribution in [-0.2, 0) is 15.1 Å². The summed E-state index contributed by atoms with van der Waals surface area (Å²) < 4.78 is 1.65. The van der Waals surface area contributed by atoms with Gasteiger partial charge in [0.2, 0.25) is 11.8 Å². The molecule has 0 radical (unpaired) electrons. The maximum atomic E-state index is 14.6. The summed E-state index contributed by atoms with van der Waals surface area (Å²) in [5.41, 5.74) is 3.24. The maximum Gasteiger partial charge on any atom is 0.266 e. The van der Waals surface area contributed by atoms with Crippen molar-refractivity contribution in [2.24, 2.45) is 17.8 Å². The van der Waals surface area contributed by atoms with E-state index in [0.717, 1.165) is 16.7 Å². The fraction of sp³-hybridized carbons (Fsp3) is 0.312. The summed E-state index contributed by atoms with van der Waals surface area (Å²) in [4.78, 5) is 49.3. The Bertz CT molecular complexity index is 1750. The summed E-state index contributed by atoms with van der Waals surface area (Å²) in [6, 6.07) is 20.5. The molecule has 3 aliphatic rings. The fourth-order valence-corrected chi connectivity index (χ4v) is 7.31. The molecule has 7 rings (SSSR count). The van der Waals surface area contributed by atoms with E-state index in [1.54, 1.807) is 10.6 Å². The first kappa shape index (κ1) is 24.0. The van der Waals surface area contributed by atoms with Crippen LogP contribution >= 0.6 is 0 Å². The Morgan fingerprint density at radius 1 is 0.897 bits per heavy atom. The molecule has 39 heavy (non-hydrogen) atoms. The third-order valence-electron chi connectivity index (χ3n) is 8.75. The van der Waals surface area contributed by atoms with Gasteiger partial charge < -0.3 is 0 Å². The molecule has 7 nitrogen and oxygen atoms in total. The summed E-state index contributed by atoms with van der Waals surface area (Å²) in [6.07, 6.45) is 0.711. The van der Waals surface area contributed by atoms with Crippen LogP contribution in [0, 0.1) is 31.6 Å². The number of para-hydroxylation sites is 3. The number of benzene rings is 3. The number of nitrogens with zero attached hydrogens (tertiary/aromatic N) is 3. The predicted molar refractivity (Wildman–Crippen MR) is 150 cm³/mol. The van der Waals surface area contributed by atoms with Gasteiger partial charge in [-0.25, -0.2) is 9.88 Å². The average Bonchev–Trinajstić information content (AvgIpc) is 3.48. The van der Waals surface area contributed by atoms with E-state index < -0.39 is 17.4 Å². The Morgan fingerprint density at radius 3 is 2.33 bits per heavy atom. The Kier molecular flexibility index (Phi) is 5.04. The van der Waals surface area contributed by atoms with E-state index >= 15 is 0 Å². The number of anilines is 1. The molecule has 196 valence electrons. The zero-order valence-corrected chi connectivity index (χ0v) is 22.4. The second kappa shape index (κ2) is 8.20. The molecular formula is C32H30N4O3. The molecule has 4 atom stereocenters. The molecule has 7 heteroatoms. The van der Waals surface area contributed by atoms with Crippen LogP contribution in [0.4, 0.5) is 5.69 Å². The maximum absolute atomic E-state index is 14.6. The zero-order valence-electron chi connectivity index (χ0n) is 22.4. The van der Waals surface area contributed by atoms with Crippen molar-refractivity contribution < 1.29 is 9.59 Å². The molecule has 0 bridgehead atoms. The average molecular weight is 519 g/mol. The predicted octanol–water partition coefficient (Wildman–Crippen LogP) is 4.38. The van der Waals surface area contributed by atoms with Gasteiger partial charge in [0, 0.05) is 11.6 Å². The molecule has 2 fully saturated rings. The number of aromatic nitrogens is 2. The first-order valence-corrected chi connectivity index (χ1v) is 13.6.